The van der Waals surface area contributed by atoms with Crippen molar-refractivity contribution < 1.29 is 9.59 Å². The summed E-state index contributed by atoms with van der Waals surface area (Å²) in [5.41, 5.74) is 1.06. The van der Waals surface area contributed by atoms with Crippen LogP contribution in [-0.2, 0) is 11.3 Å². The summed E-state index contributed by atoms with van der Waals surface area (Å²) in [4.78, 5) is 33.2. The molecule has 3 heterocycles. The Morgan fingerprint density at radius 1 is 1.10 bits per heavy atom. The molecule has 2 saturated heterocycles. The largest absolute Gasteiger partial charge is 0.357 e. The lowest BCUT2D eigenvalue weighted by molar-refractivity contribution is -0.135. The molecule has 7 nitrogen and oxygen atoms in total. The van der Waals surface area contributed by atoms with Gasteiger partial charge in [0.1, 0.15) is 5.82 Å². The van der Waals surface area contributed by atoms with Crippen LogP contribution in [0.15, 0.2) is 18.3 Å². The fraction of sp³-hybridized carbons (Fsp3) is 0.682. The first-order valence-corrected chi connectivity index (χ1v) is 11.1. The third-order valence-corrected chi connectivity index (χ3v) is 5.83. The van der Waals surface area contributed by atoms with E-state index >= 15 is 0 Å². The molecule has 0 aromatic carbocycles. The third kappa shape index (κ3) is 6.34. The van der Waals surface area contributed by atoms with Crippen molar-refractivity contribution in [2.24, 2.45) is 5.92 Å². The zero-order chi connectivity index (χ0) is 20.6. The number of piperidine rings is 1. The smallest absolute Gasteiger partial charge is 0.315 e. The van der Waals surface area contributed by atoms with Gasteiger partial charge in [0.05, 0.1) is 0 Å². The van der Waals surface area contributed by atoms with E-state index in [4.69, 9.17) is 0 Å². The summed E-state index contributed by atoms with van der Waals surface area (Å²) in [6.07, 6.45) is 8.46. The van der Waals surface area contributed by atoms with Gasteiger partial charge in [-0.1, -0.05) is 26.7 Å². The standard InChI is InChI=1S/C22H35N5O2/c1-17(2)21(28)27-13-8-19(9-14-27)25-22(29)24-16-18-7-10-23-20(15-18)26-11-5-3-4-6-12-26/h7,10,15,17,19H,3-6,8-9,11-14,16H2,1-2H3,(H2,24,25,29). The Balaban J connectivity index is 1.43. The lowest BCUT2D eigenvalue weighted by Crippen LogP contribution is -2.49. The predicted molar refractivity (Wildman–Crippen MR) is 115 cm³/mol. The Morgan fingerprint density at radius 2 is 1.79 bits per heavy atom. The number of aromatic nitrogens is 1. The topological polar surface area (TPSA) is 77.6 Å². The van der Waals surface area contributed by atoms with Crippen LogP contribution in [-0.4, -0.2) is 54.0 Å². The summed E-state index contributed by atoms with van der Waals surface area (Å²) in [6.45, 7) is 7.89. The number of hydrogen-bond donors (Lipinski definition) is 2. The van der Waals surface area contributed by atoms with Crippen LogP contribution in [0.2, 0.25) is 0 Å². The van der Waals surface area contributed by atoms with E-state index in [2.05, 4.69) is 26.6 Å². The fourth-order valence-corrected chi connectivity index (χ4v) is 4.07. The third-order valence-electron chi connectivity index (χ3n) is 5.83. The molecule has 3 rings (SSSR count). The van der Waals surface area contributed by atoms with Gasteiger partial charge in [0.25, 0.3) is 0 Å². The predicted octanol–water partition coefficient (Wildman–Crippen LogP) is 2.91. The molecule has 2 aliphatic heterocycles. The number of carbonyl (C=O) groups excluding carboxylic acids is 2. The van der Waals surface area contributed by atoms with E-state index in [1.54, 1.807) is 0 Å². The van der Waals surface area contributed by atoms with Gasteiger partial charge in [-0.2, -0.15) is 0 Å². The van der Waals surface area contributed by atoms with E-state index < -0.39 is 0 Å². The van der Waals surface area contributed by atoms with Crippen LogP contribution in [0.3, 0.4) is 0 Å². The number of pyridine rings is 1. The Morgan fingerprint density at radius 3 is 2.45 bits per heavy atom. The highest BCUT2D eigenvalue weighted by Gasteiger charge is 2.25. The molecule has 0 radical (unpaired) electrons. The first-order valence-electron chi connectivity index (χ1n) is 11.1. The van der Waals surface area contributed by atoms with Gasteiger partial charge in [-0.05, 0) is 43.4 Å². The lowest BCUT2D eigenvalue weighted by Gasteiger charge is -2.33. The summed E-state index contributed by atoms with van der Waals surface area (Å²) < 4.78 is 0. The van der Waals surface area contributed by atoms with Gasteiger partial charge in [-0.15, -0.1) is 0 Å². The molecule has 0 spiro atoms. The van der Waals surface area contributed by atoms with Crippen LogP contribution >= 0.6 is 0 Å². The SMILES string of the molecule is CC(C)C(=O)N1CCC(NC(=O)NCc2ccnc(N3CCCCCC3)c2)CC1. The molecule has 1 aromatic heterocycles. The van der Waals surface area contributed by atoms with Crippen LogP contribution in [0.1, 0.15) is 57.9 Å². The number of rotatable bonds is 5. The normalized spacial score (nSPS) is 18.4. The van der Waals surface area contributed by atoms with Gasteiger partial charge < -0.3 is 20.4 Å². The molecule has 0 bridgehead atoms. The van der Waals surface area contributed by atoms with Crippen molar-refractivity contribution in [2.45, 2.75) is 65.0 Å². The van der Waals surface area contributed by atoms with E-state index in [1.165, 1.54) is 25.7 Å². The number of nitrogens with zero attached hydrogens (tertiary/aromatic N) is 3. The van der Waals surface area contributed by atoms with Crippen molar-refractivity contribution >= 4 is 17.8 Å². The average Bonchev–Trinajstić information content (AvgIpc) is 3.02. The Hall–Kier alpha value is -2.31. The molecule has 29 heavy (non-hydrogen) atoms. The second kappa shape index (κ2) is 10.5. The van der Waals surface area contributed by atoms with Crippen molar-refractivity contribution in [3.8, 4) is 0 Å². The first-order chi connectivity index (χ1) is 14.0. The highest BCUT2D eigenvalue weighted by molar-refractivity contribution is 5.78. The molecule has 1 aromatic rings. The van der Waals surface area contributed by atoms with E-state index in [0.29, 0.717) is 19.6 Å². The zero-order valence-corrected chi connectivity index (χ0v) is 17.8. The molecule has 2 N–H and O–H groups in total. The lowest BCUT2D eigenvalue weighted by atomic mass is 10.0. The van der Waals surface area contributed by atoms with Gasteiger partial charge >= 0.3 is 6.03 Å². The Bertz CT molecular complexity index is 678. The number of likely N-dealkylation sites (tertiary alicyclic amines) is 1. The van der Waals surface area contributed by atoms with E-state index in [0.717, 1.165) is 37.3 Å². The molecular formula is C22H35N5O2. The number of carbonyl (C=O) groups is 2. The molecule has 0 saturated carbocycles. The number of amides is 3. The zero-order valence-electron chi connectivity index (χ0n) is 17.8. The minimum atomic E-state index is -0.147. The molecule has 0 unspecified atom stereocenters. The maximum absolute atomic E-state index is 12.3. The van der Waals surface area contributed by atoms with Gasteiger partial charge in [0.15, 0.2) is 0 Å². The van der Waals surface area contributed by atoms with Crippen molar-refractivity contribution in [1.82, 2.24) is 20.5 Å². The molecule has 3 amide bonds. The van der Waals surface area contributed by atoms with E-state index in [9.17, 15) is 9.59 Å². The van der Waals surface area contributed by atoms with Gasteiger partial charge in [0, 0.05) is 50.9 Å². The van der Waals surface area contributed by atoms with E-state index in [-0.39, 0.29) is 23.9 Å². The molecule has 0 aliphatic carbocycles. The van der Waals surface area contributed by atoms with Crippen molar-refractivity contribution in [1.29, 1.82) is 0 Å². The Labute approximate surface area is 174 Å². The minimum Gasteiger partial charge on any atom is -0.357 e. The van der Waals surface area contributed by atoms with Crippen LogP contribution < -0.4 is 15.5 Å². The van der Waals surface area contributed by atoms with Crippen LogP contribution in [0.4, 0.5) is 10.6 Å². The average molecular weight is 402 g/mol. The van der Waals surface area contributed by atoms with Crippen molar-refractivity contribution in [2.75, 3.05) is 31.1 Å². The summed E-state index contributed by atoms with van der Waals surface area (Å²) in [6, 6.07) is 4.02. The highest BCUT2D eigenvalue weighted by atomic mass is 16.2. The second-order valence-corrected chi connectivity index (χ2v) is 8.50. The van der Waals surface area contributed by atoms with Crippen molar-refractivity contribution in [3.63, 3.8) is 0 Å². The maximum Gasteiger partial charge on any atom is 0.315 e. The molecular weight excluding hydrogens is 366 g/mol. The summed E-state index contributed by atoms with van der Waals surface area (Å²) in [5.74, 6) is 1.24. The number of hydrogen-bond acceptors (Lipinski definition) is 4. The van der Waals surface area contributed by atoms with Gasteiger partial charge in [-0.25, -0.2) is 9.78 Å². The second-order valence-electron chi connectivity index (χ2n) is 8.50. The van der Waals surface area contributed by atoms with Crippen LogP contribution in [0.5, 0.6) is 0 Å². The van der Waals surface area contributed by atoms with Gasteiger partial charge in [0.2, 0.25) is 5.91 Å². The highest BCUT2D eigenvalue weighted by Crippen LogP contribution is 2.18. The summed E-state index contributed by atoms with van der Waals surface area (Å²) in [7, 11) is 0. The Kier molecular flexibility index (Phi) is 7.72. The van der Waals surface area contributed by atoms with Crippen LogP contribution in [0.25, 0.3) is 0 Å². The number of urea groups is 1. The first kappa shape index (κ1) is 21.4. The number of anilines is 1. The summed E-state index contributed by atoms with van der Waals surface area (Å²) in [5, 5.41) is 6.01. The fourth-order valence-electron chi connectivity index (χ4n) is 4.07. The summed E-state index contributed by atoms with van der Waals surface area (Å²) >= 11 is 0. The quantitative estimate of drug-likeness (QED) is 0.795. The van der Waals surface area contributed by atoms with E-state index in [1.807, 2.05) is 31.0 Å². The minimum absolute atomic E-state index is 0.0300. The number of nitrogens with one attached hydrogen (secondary N) is 2. The molecule has 0 atom stereocenters. The molecule has 160 valence electrons. The van der Waals surface area contributed by atoms with Crippen LogP contribution in [0, 0.1) is 5.92 Å². The molecule has 7 heteroatoms. The van der Waals surface area contributed by atoms with Crippen molar-refractivity contribution in [3.05, 3.63) is 23.9 Å². The maximum atomic E-state index is 12.3. The molecule has 2 aliphatic rings. The molecule has 2 fully saturated rings. The van der Waals surface area contributed by atoms with Gasteiger partial charge in [-0.3, -0.25) is 4.79 Å². The monoisotopic (exact) mass is 401 g/mol.